The highest BCUT2D eigenvalue weighted by molar-refractivity contribution is 6.33. The molecule has 0 aliphatic carbocycles. The summed E-state index contributed by atoms with van der Waals surface area (Å²) in [5.41, 5.74) is 1.01. The lowest BCUT2D eigenvalue weighted by atomic mass is 10.0. The average molecular weight is 284 g/mol. The number of carboxylic acid groups (broad SMARTS) is 1. The van der Waals surface area contributed by atoms with Crippen LogP contribution in [-0.4, -0.2) is 17.1 Å². The number of aromatic carboxylic acids is 1. The van der Waals surface area contributed by atoms with Crippen molar-refractivity contribution in [1.29, 1.82) is 0 Å². The van der Waals surface area contributed by atoms with Crippen molar-refractivity contribution in [2.24, 2.45) is 5.92 Å². The van der Waals surface area contributed by atoms with Gasteiger partial charge in [-0.05, 0) is 37.5 Å². The van der Waals surface area contributed by atoms with E-state index in [2.05, 4.69) is 26.1 Å². The molecule has 1 unspecified atom stereocenters. The maximum Gasteiger partial charge on any atom is 0.335 e. The van der Waals surface area contributed by atoms with E-state index >= 15 is 0 Å². The third-order valence-electron chi connectivity index (χ3n) is 3.04. The molecule has 1 aromatic carbocycles. The third-order valence-corrected chi connectivity index (χ3v) is 3.35. The first-order valence-electron chi connectivity index (χ1n) is 6.69. The lowest BCUT2D eigenvalue weighted by molar-refractivity contribution is 0.0697. The summed E-state index contributed by atoms with van der Waals surface area (Å²) in [6.45, 7) is 6.56. The molecule has 1 rings (SSSR count). The first kappa shape index (κ1) is 15.8. The molecule has 0 radical (unpaired) electrons. The summed E-state index contributed by atoms with van der Waals surface area (Å²) in [6.07, 6.45) is 3.48. The monoisotopic (exact) mass is 283 g/mol. The minimum absolute atomic E-state index is 0.211. The largest absolute Gasteiger partial charge is 0.478 e. The Morgan fingerprint density at radius 3 is 2.53 bits per heavy atom. The van der Waals surface area contributed by atoms with Crippen molar-refractivity contribution in [1.82, 2.24) is 0 Å². The highest BCUT2D eigenvalue weighted by Gasteiger charge is 2.09. The van der Waals surface area contributed by atoms with Crippen LogP contribution in [0.2, 0.25) is 5.02 Å². The maximum atomic E-state index is 10.8. The van der Waals surface area contributed by atoms with Crippen molar-refractivity contribution in [2.45, 2.75) is 46.1 Å². The molecule has 0 aromatic heterocycles. The van der Waals surface area contributed by atoms with Crippen LogP contribution < -0.4 is 5.32 Å². The number of hydrogen-bond donors (Lipinski definition) is 2. The summed E-state index contributed by atoms with van der Waals surface area (Å²) in [5.74, 6) is -0.232. The minimum Gasteiger partial charge on any atom is -0.478 e. The molecule has 0 amide bonds. The van der Waals surface area contributed by atoms with Gasteiger partial charge in [0.1, 0.15) is 0 Å². The Kier molecular flexibility index (Phi) is 6.16. The molecule has 0 spiro atoms. The van der Waals surface area contributed by atoms with E-state index in [1.807, 2.05) is 0 Å². The van der Waals surface area contributed by atoms with Crippen LogP contribution in [0.3, 0.4) is 0 Å². The Balaban J connectivity index is 2.54. The molecule has 19 heavy (non-hydrogen) atoms. The number of carbonyl (C=O) groups is 1. The van der Waals surface area contributed by atoms with Crippen molar-refractivity contribution in [3.8, 4) is 0 Å². The number of benzene rings is 1. The highest BCUT2D eigenvalue weighted by Crippen LogP contribution is 2.24. The lowest BCUT2D eigenvalue weighted by Crippen LogP contribution is -2.15. The molecule has 0 aliphatic rings. The predicted octanol–water partition coefficient (Wildman–Crippen LogP) is 4.66. The van der Waals surface area contributed by atoms with Gasteiger partial charge in [-0.25, -0.2) is 4.79 Å². The molecule has 0 bridgehead atoms. The topological polar surface area (TPSA) is 49.3 Å². The Morgan fingerprint density at radius 1 is 1.32 bits per heavy atom. The number of halogens is 1. The van der Waals surface area contributed by atoms with Gasteiger partial charge in [-0.15, -0.1) is 0 Å². The fourth-order valence-electron chi connectivity index (χ4n) is 1.94. The quantitative estimate of drug-likeness (QED) is 0.765. The molecule has 2 N–H and O–H groups in total. The van der Waals surface area contributed by atoms with Crippen molar-refractivity contribution in [3.05, 3.63) is 28.8 Å². The van der Waals surface area contributed by atoms with Crippen LogP contribution >= 0.6 is 11.6 Å². The van der Waals surface area contributed by atoms with Gasteiger partial charge in [0, 0.05) is 6.04 Å². The summed E-state index contributed by atoms with van der Waals surface area (Å²) < 4.78 is 0. The number of nitrogens with one attached hydrogen (secondary N) is 1. The molecule has 106 valence electrons. The molecule has 0 heterocycles. The second-order valence-electron chi connectivity index (χ2n) is 5.37. The zero-order chi connectivity index (χ0) is 14.4. The summed E-state index contributed by atoms with van der Waals surface area (Å²) in [5, 5.41) is 12.7. The smallest absolute Gasteiger partial charge is 0.335 e. The van der Waals surface area contributed by atoms with Gasteiger partial charge in [-0.1, -0.05) is 38.3 Å². The van der Waals surface area contributed by atoms with Crippen LogP contribution in [0.4, 0.5) is 5.69 Å². The molecule has 4 heteroatoms. The molecular weight excluding hydrogens is 262 g/mol. The van der Waals surface area contributed by atoms with Gasteiger partial charge >= 0.3 is 5.97 Å². The second kappa shape index (κ2) is 7.39. The van der Waals surface area contributed by atoms with Gasteiger partial charge in [0.25, 0.3) is 0 Å². The van der Waals surface area contributed by atoms with Gasteiger partial charge < -0.3 is 10.4 Å². The van der Waals surface area contributed by atoms with Crippen molar-refractivity contribution in [2.75, 3.05) is 5.32 Å². The zero-order valence-electron chi connectivity index (χ0n) is 11.7. The highest BCUT2D eigenvalue weighted by atomic mass is 35.5. The van der Waals surface area contributed by atoms with Crippen molar-refractivity contribution < 1.29 is 9.90 Å². The normalized spacial score (nSPS) is 12.5. The number of rotatable bonds is 7. The SMILES string of the molecule is CC(C)CCCC(C)Nc1ccc(C(=O)O)cc1Cl. The van der Waals surface area contributed by atoms with Crippen molar-refractivity contribution in [3.63, 3.8) is 0 Å². The van der Waals surface area contributed by atoms with Gasteiger partial charge in [0.2, 0.25) is 0 Å². The van der Waals surface area contributed by atoms with E-state index in [0.717, 1.165) is 18.0 Å². The summed E-state index contributed by atoms with van der Waals surface area (Å²) in [7, 11) is 0. The Bertz CT molecular complexity index is 432. The summed E-state index contributed by atoms with van der Waals surface area (Å²) >= 11 is 6.08. The van der Waals surface area contributed by atoms with E-state index in [4.69, 9.17) is 16.7 Å². The molecule has 0 aliphatic heterocycles. The van der Waals surface area contributed by atoms with E-state index in [-0.39, 0.29) is 5.56 Å². The summed E-state index contributed by atoms with van der Waals surface area (Å²) in [4.78, 5) is 10.8. The molecule has 0 saturated heterocycles. The first-order valence-corrected chi connectivity index (χ1v) is 7.07. The van der Waals surface area contributed by atoms with E-state index in [9.17, 15) is 4.79 Å². The van der Waals surface area contributed by atoms with E-state index in [1.165, 1.54) is 18.9 Å². The molecule has 3 nitrogen and oxygen atoms in total. The summed E-state index contributed by atoms with van der Waals surface area (Å²) in [6, 6.07) is 5.10. The van der Waals surface area contributed by atoms with E-state index in [0.29, 0.717) is 11.1 Å². The fourth-order valence-corrected chi connectivity index (χ4v) is 2.17. The Labute approximate surface area is 120 Å². The zero-order valence-corrected chi connectivity index (χ0v) is 12.5. The minimum atomic E-state index is -0.960. The standard InChI is InChI=1S/C15H22ClNO2/c1-10(2)5-4-6-11(3)17-14-8-7-12(15(18)19)9-13(14)16/h7-11,17H,4-6H2,1-3H3,(H,18,19). The van der Waals surface area contributed by atoms with Crippen LogP contribution in [-0.2, 0) is 0 Å². The number of carboxylic acids is 1. The molecular formula is C15H22ClNO2. The maximum absolute atomic E-state index is 10.8. The Morgan fingerprint density at radius 2 is 2.00 bits per heavy atom. The third kappa shape index (κ3) is 5.52. The Hall–Kier alpha value is -1.22. The van der Waals surface area contributed by atoms with Crippen LogP contribution in [0.15, 0.2) is 18.2 Å². The molecule has 1 aromatic rings. The van der Waals surface area contributed by atoms with Gasteiger partial charge in [-0.3, -0.25) is 0 Å². The van der Waals surface area contributed by atoms with Crippen molar-refractivity contribution >= 4 is 23.3 Å². The fraction of sp³-hybridized carbons (Fsp3) is 0.533. The van der Waals surface area contributed by atoms with Gasteiger partial charge in [0.05, 0.1) is 16.3 Å². The first-order chi connectivity index (χ1) is 8.90. The second-order valence-corrected chi connectivity index (χ2v) is 5.78. The van der Waals surface area contributed by atoms with Crippen LogP contribution in [0.25, 0.3) is 0 Å². The van der Waals surface area contributed by atoms with E-state index in [1.54, 1.807) is 12.1 Å². The van der Waals surface area contributed by atoms with E-state index < -0.39 is 5.97 Å². The predicted molar refractivity (Wildman–Crippen MR) is 80.2 cm³/mol. The average Bonchev–Trinajstić information content (AvgIpc) is 2.31. The molecule has 1 atom stereocenters. The van der Waals surface area contributed by atoms with Gasteiger partial charge in [0.15, 0.2) is 0 Å². The molecule has 0 fully saturated rings. The van der Waals surface area contributed by atoms with Gasteiger partial charge in [-0.2, -0.15) is 0 Å². The molecule has 0 saturated carbocycles. The number of anilines is 1. The number of hydrogen-bond acceptors (Lipinski definition) is 2. The lowest BCUT2D eigenvalue weighted by Gasteiger charge is -2.17. The van der Waals surface area contributed by atoms with Crippen LogP contribution in [0.5, 0.6) is 0 Å². The van der Waals surface area contributed by atoms with Crippen LogP contribution in [0.1, 0.15) is 50.4 Å². The van der Waals surface area contributed by atoms with Crippen LogP contribution in [0, 0.1) is 5.92 Å².